The second-order valence-corrected chi connectivity index (χ2v) is 6.47. The number of carbonyl (C=O) groups is 1. The lowest BCUT2D eigenvalue weighted by Crippen LogP contribution is -2.52. The quantitative estimate of drug-likeness (QED) is 0.706. The molecule has 0 aromatic heterocycles. The molecule has 0 aliphatic rings. The van der Waals surface area contributed by atoms with E-state index in [1.165, 1.54) is 13.8 Å². The van der Waals surface area contributed by atoms with Crippen LogP contribution in [0.4, 0.5) is 10.1 Å². The first kappa shape index (κ1) is 15.7. The summed E-state index contributed by atoms with van der Waals surface area (Å²) in [4.78, 5) is 10.4. The fourth-order valence-corrected chi connectivity index (χ4v) is 3.02. The number of hydrogen-bond acceptors (Lipinski definition) is 4. The van der Waals surface area contributed by atoms with E-state index in [-0.39, 0.29) is 5.69 Å². The minimum atomic E-state index is -4.33. The van der Waals surface area contributed by atoms with Crippen LogP contribution in [-0.2, 0) is 14.8 Å². The molecule has 5 N–H and O–H groups in total. The number of nitrogens with one attached hydrogen (secondary N) is 1. The number of amides is 1. The summed E-state index contributed by atoms with van der Waals surface area (Å²) in [6.45, 7) is 2.50. The third kappa shape index (κ3) is 3.34. The number of primary amides is 1. The highest BCUT2D eigenvalue weighted by atomic mass is 35.5. The number of sulfonamides is 1. The normalized spacial score (nSPS) is 12.4. The number of hydrogen-bond donors (Lipinski definition) is 3. The molecule has 0 saturated heterocycles. The standard InChI is InChI=1S/C10H13ClFN3O3S/c1-10(2,9(14)16)15-19(17,18)7-4-5(13)3-6(11)8(7)12/h3-4,15H,13H2,1-2H3,(H2,14,16). The summed E-state index contributed by atoms with van der Waals surface area (Å²) in [7, 11) is -4.33. The predicted molar refractivity (Wildman–Crippen MR) is 69.4 cm³/mol. The monoisotopic (exact) mass is 309 g/mol. The fraction of sp³-hybridized carbons (Fsp3) is 0.300. The van der Waals surface area contributed by atoms with Gasteiger partial charge in [-0.1, -0.05) is 11.6 Å². The number of anilines is 1. The molecule has 0 radical (unpaired) electrons. The SMILES string of the molecule is CC(C)(NS(=O)(=O)c1cc(N)cc(Cl)c1F)C(N)=O. The van der Waals surface area contributed by atoms with E-state index in [9.17, 15) is 17.6 Å². The molecule has 1 rings (SSSR count). The van der Waals surface area contributed by atoms with Crippen molar-refractivity contribution in [2.75, 3.05) is 5.73 Å². The van der Waals surface area contributed by atoms with Crippen molar-refractivity contribution < 1.29 is 17.6 Å². The first-order chi connectivity index (χ1) is 8.47. The molecule has 6 nitrogen and oxygen atoms in total. The highest BCUT2D eigenvalue weighted by Gasteiger charge is 2.33. The lowest BCUT2D eigenvalue weighted by molar-refractivity contribution is -0.122. The summed E-state index contributed by atoms with van der Waals surface area (Å²) in [6, 6.07) is 1.98. The summed E-state index contributed by atoms with van der Waals surface area (Å²) in [5.74, 6) is -2.06. The Kier molecular flexibility index (Phi) is 4.08. The van der Waals surface area contributed by atoms with E-state index >= 15 is 0 Å². The van der Waals surface area contributed by atoms with Gasteiger partial charge in [-0.3, -0.25) is 4.79 Å². The van der Waals surface area contributed by atoms with Gasteiger partial charge in [-0.2, -0.15) is 4.72 Å². The van der Waals surface area contributed by atoms with Gasteiger partial charge in [0, 0.05) is 5.69 Å². The summed E-state index contributed by atoms with van der Waals surface area (Å²) in [5, 5.41) is -0.433. The van der Waals surface area contributed by atoms with E-state index in [1.807, 2.05) is 4.72 Å². The smallest absolute Gasteiger partial charge is 0.244 e. The Labute approximate surface area is 115 Å². The number of rotatable bonds is 4. The van der Waals surface area contributed by atoms with E-state index in [4.69, 9.17) is 23.1 Å². The molecule has 9 heteroatoms. The van der Waals surface area contributed by atoms with E-state index in [0.717, 1.165) is 12.1 Å². The number of nitrogens with two attached hydrogens (primary N) is 2. The van der Waals surface area contributed by atoms with Gasteiger partial charge in [0.25, 0.3) is 0 Å². The van der Waals surface area contributed by atoms with E-state index < -0.39 is 37.2 Å². The van der Waals surface area contributed by atoms with E-state index in [2.05, 4.69) is 0 Å². The van der Waals surface area contributed by atoms with Crippen molar-refractivity contribution in [3.05, 3.63) is 23.0 Å². The van der Waals surface area contributed by atoms with Crippen LogP contribution < -0.4 is 16.2 Å². The first-order valence-electron chi connectivity index (χ1n) is 5.06. The van der Waals surface area contributed by atoms with Gasteiger partial charge in [0.2, 0.25) is 15.9 Å². The average Bonchev–Trinajstić information content (AvgIpc) is 2.21. The molecule has 19 heavy (non-hydrogen) atoms. The second kappa shape index (κ2) is 4.95. The summed E-state index contributed by atoms with van der Waals surface area (Å²) in [5.41, 5.74) is 8.85. The van der Waals surface area contributed by atoms with Crippen LogP contribution in [-0.4, -0.2) is 19.9 Å². The van der Waals surface area contributed by atoms with E-state index in [0.29, 0.717) is 0 Å². The molecule has 0 spiro atoms. The van der Waals surface area contributed by atoms with Crippen molar-refractivity contribution in [1.29, 1.82) is 0 Å². The topological polar surface area (TPSA) is 115 Å². The maximum Gasteiger partial charge on any atom is 0.244 e. The molecule has 0 atom stereocenters. The Hall–Kier alpha value is -1.38. The second-order valence-electron chi connectivity index (χ2n) is 4.41. The van der Waals surface area contributed by atoms with Crippen LogP contribution in [0.15, 0.2) is 17.0 Å². The van der Waals surface area contributed by atoms with Gasteiger partial charge in [-0.15, -0.1) is 0 Å². The molecular weight excluding hydrogens is 297 g/mol. The summed E-state index contributed by atoms with van der Waals surface area (Å²) in [6.07, 6.45) is 0. The van der Waals surface area contributed by atoms with Gasteiger partial charge >= 0.3 is 0 Å². The van der Waals surface area contributed by atoms with Gasteiger partial charge in [-0.25, -0.2) is 12.8 Å². The Morgan fingerprint density at radius 1 is 1.42 bits per heavy atom. The molecule has 1 aromatic carbocycles. The van der Waals surface area contributed by atoms with Crippen molar-refractivity contribution in [3.8, 4) is 0 Å². The van der Waals surface area contributed by atoms with Gasteiger partial charge in [0.15, 0.2) is 5.82 Å². The van der Waals surface area contributed by atoms with Gasteiger partial charge in [0.05, 0.1) is 5.02 Å². The molecule has 1 aromatic rings. The Morgan fingerprint density at radius 2 is 1.95 bits per heavy atom. The largest absolute Gasteiger partial charge is 0.399 e. The molecule has 0 aliphatic heterocycles. The van der Waals surface area contributed by atoms with Crippen LogP contribution in [0, 0.1) is 5.82 Å². The maximum atomic E-state index is 13.7. The van der Waals surface area contributed by atoms with Gasteiger partial charge in [-0.05, 0) is 26.0 Å². The van der Waals surface area contributed by atoms with Gasteiger partial charge in [0.1, 0.15) is 10.4 Å². The average molecular weight is 310 g/mol. The zero-order chi connectivity index (χ0) is 15.0. The Morgan fingerprint density at radius 3 is 2.42 bits per heavy atom. The van der Waals surface area contributed by atoms with Crippen LogP contribution in [0.5, 0.6) is 0 Å². The molecule has 0 heterocycles. The lowest BCUT2D eigenvalue weighted by Gasteiger charge is -2.22. The molecule has 106 valence electrons. The van der Waals surface area contributed by atoms with E-state index in [1.54, 1.807) is 0 Å². The molecule has 1 amide bonds. The third-order valence-electron chi connectivity index (χ3n) is 2.31. The predicted octanol–water partition coefficient (Wildman–Crippen LogP) is 0.604. The fourth-order valence-electron chi connectivity index (χ4n) is 1.22. The minimum absolute atomic E-state index is 0.0244. The molecule has 0 aliphatic carbocycles. The third-order valence-corrected chi connectivity index (χ3v) is 4.24. The highest BCUT2D eigenvalue weighted by molar-refractivity contribution is 7.89. The Balaban J connectivity index is 3.33. The number of benzene rings is 1. The molecular formula is C10H13ClFN3O3S. The van der Waals surface area contributed by atoms with Crippen LogP contribution in [0.1, 0.15) is 13.8 Å². The lowest BCUT2D eigenvalue weighted by atomic mass is 10.1. The highest BCUT2D eigenvalue weighted by Crippen LogP contribution is 2.26. The summed E-state index contributed by atoms with van der Waals surface area (Å²) >= 11 is 5.52. The zero-order valence-corrected chi connectivity index (χ0v) is 11.8. The van der Waals surface area contributed by atoms with Crippen molar-refractivity contribution in [2.45, 2.75) is 24.3 Å². The van der Waals surface area contributed by atoms with Crippen LogP contribution >= 0.6 is 11.6 Å². The zero-order valence-electron chi connectivity index (χ0n) is 10.2. The van der Waals surface area contributed by atoms with Crippen molar-refractivity contribution in [1.82, 2.24) is 4.72 Å². The van der Waals surface area contributed by atoms with Crippen molar-refractivity contribution >= 4 is 33.2 Å². The maximum absolute atomic E-state index is 13.7. The molecule has 0 fully saturated rings. The van der Waals surface area contributed by atoms with Gasteiger partial charge < -0.3 is 11.5 Å². The van der Waals surface area contributed by atoms with Crippen molar-refractivity contribution in [2.24, 2.45) is 5.73 Å². The Bertz CT molecular complexity index is 631. The summed E-state index contributed by atoms with van der Waals surface area (Å²) < 4.78 is 39.7. The molecule has 0 unspecified atom stereocenters. The minimum Gasteiger partial charge on any atom is -0.399 e. The van der Waals surface area contributed by atoms with Crippen LogP contribution in [0.25, 0.3) is 0 Å². The molecule has 0 bridgehead atoms. The number of carbonyl (C=O) groups excluding carboxylic acids is 1. The number of nitrogen functional groups attached to an aromatic ring is 1. The van der Waals surface area contributed by atoms with Crippen LogP contribution in [0.2, 0.25) is 5.02 Å². The van der Waals surface area contributed by atoms with Crippen molar-refractivity contribution in [3.63, 3.8) is 0 Å². The first-order valence-corrected chi connectivity index (χ1v) is 6.92. The molecule has 0 saturated carbocycles. The van der Waals surface area contributed by atoms with Crippen LogP contribution in [0.3, 0.4) is 0 Å². The number of halogens is 2.